The number of rotatable bonds is 4. The Morgan fingerprint density at radius 2 is 1.62 bits per heavy atom. The van der Waals surface area contributed by atoms with Crippen molar-refractivity contribution in [3.05, 3.63) is 59.1 Å². The number of nitrogens with zero attached hydrogens (tertiary/aromatic N) is 5. The minimum atomic E-state index is 0.0987. The summed E-state index contributed by atoms with van der Waals surface area (Å²) in [6, 6.07) is 14.2. The highest BCUT2D eigenvalue weighted by atomic mass is 32.1. The number of piperazine rings is 1. The number of carbonyl (C=O) groups is 1. The first-order valence-electron chi connectivity index (χ1n) is 11.5. The van der Waals surface area contributed by atoms with Crippen molar-refractivity contribution in [2.45, 2.75) is 26.2 Å². The molecule has 3 aromatic rings. The van der Waals surface area contributed by atoms with Crippen LogP contribution in [0, 0.1) is 6.92 Å². The summed E-state index contributed by atoms with van der Waals surface area (Å²) in [7, 11) is 0. The van der Waals surface area contributed by atoms with E-state index < -0.39 is 0 Å². The van der Waals surface area contributed by atoms with E-state index in [1.165, 1.54) is 24.1 Å². The molecule has 6 nitrogen and oxygen atoms in total. The second-order valence-electron chi connectivity index (χ2n) is 8.55. The highest BCUT2D eigenvalue weighted by molar-refractivity contribution is 7.13. The van der Waals surface area contributed by atoms with Crippen LogP contribution in [0.25, 0.3) is 10.4 Å². The van der Waals surface area contributed by atoms with Gasteiger partial charge in [-0.15, -0.1) is 11.3 Å². The Kier molecular flexibility index (Phi) is 6.08. The van der Waals surface area contributed by atoms with Gasteiger partial charge in [-0.2, -0.15) is 4.98 Å². The number of hydrogen-bond donors (Lipinski definition) is 0. The zero-order chi connectivity index (χ0) is 21.9. The molecule has 2 aliphatic rings. The van der Waals surface area contributed by atoms with Crippen LogP contribution in [0.5, 0.6) is 0 Å². The summed E-state index contributed by atoms with van der Waals surface area (Å²) in [6.07, 6.45) is 3.77. The summed E-state index contributed by atoms with van der Waals surface area (Å²) in [4.78, 5) is 30.4. The van der Waals surface area contributed by atoms with Gasteiger partial charge in [0.2, 0.25) is 5.95 Å². The van der Waals surface area contributed by atoms with Crippen LogP contribution in [0.15, 0.2) is 47.8 Å². The number of anilines is 2. The maximum absolute atomic E-state index is 13.0. The monoisotopic (exact) mass is 447 g/mol. The first-order valence-corrected chi connectivity index (χ1v) is 12.3. The third kappa shape index (κ3) is 4.48. The van der Waals surface area contributed by atoms with Crippen LogP contribution in [0.4, 0.5) is 11.8 Å². The molecule has 32 heavy (non-hydrogen) atoms. The zero-order valence-electron chi connectivity index (χ0n) is 18.5. The summed E-state index contributed by atoms with van der Waals surface area (Å²) in [5, 5.41) is 2.07. The summed E-state index contributed by atoms with van der Waals surface area (Å²) in [5.74, 6) is 1.93. The molecule has 2 fully saturated rings. The fourth-order valence-corrected chi connectivity index (χ4v) is 5.21. The normalized spacial score (nSPS) is 17.0. The van der Waals surface area contributed by atoms with Gasteiger partial charge < -0.3 is 14.7 Å². The Morgan fingerprint density at radius 1 is 0.875 bits per heavy atom. The van der Waals surface area contributed by atoms with Crippen LogP contribution in [-0.4, -0.2) is 60.0 Å². The van der Waals surface area contributed by atoms with Gasteiger partial charge in [-0.3, -0.25) is 4.79 Å². The van der Waals surface area contributed by atoms with Gasteiger partial charge >= 0.3 is 0 Å². The van der Waals surface area contributed by atoms with Crippen molar-refractivity contribution in [1.29, 1.82) is 0 Å². The maximum atomic E-state index is 13.0. The van der Waals surface area contributed by atoms with Crippen molar-refractivity contribution in [3.8, 4) is 10.4 Å². The van der Waals surface area contributed by atoms with Gasteiger partial charge in [0.05, 0.1) is 0 Å². The molecule has 0 bridgehead atoms. The molecule has 0 atom stereocenters. The molecule has 0 unspecified atom stereocenters. The molecule has 0 N–H and O–H groups in total. The number of aromatic nitrogens is 2. The predicted molar refractivity (Wildman–Crippen MR) is 131 cm³/mol. The molecule has 1 amide bonds. The number of aryl methyl sites for hydroxylation is 1. The van der Waals surface area contributed by atoms with Crippen LogP contribution in [0.1, 0.15) is 35.3 Å². The predicted octanol–water partition coefficient (Wildman–Crippen LogP) is 4.47. The van der Waals surface area contributed by atoms with E-state index in [9.17, 15) is 4.79 Å². The standard InChI is InChI=1S/C25H29N5OS/c1-19-18-23(28-11-3-2-4-12-28)27-25(26-19)30-15-13-29(14-16-30)24(31)21-9-7-20(8-10-21)22-6-5-17-32-22/h5-10,17-18H,2-4,11-16H2,1H3. The number of carbonyl (C=O) groups excluding carboxylic acids is 1. The lowest BCUT2D eigenvalue weighted by molar-refractivity contribution is 0.0746. The van der Waals surface area contributed by atoms with E-state index >= 15 is 0 Å². The molecular formula is C25H29N5OS. The number of hydrogen-bond acceptors (Lipinski definition) is 6. The second kappa shape index (κ2) is 9.28. The average Bonchev–Trinajstić information content (AvgIpc) is 3.39. The van der Waals surface area contributed by atoms with E-state index in [-0.39, 0.29) is 5.91 Å². The van der Waals surface area contributed by atoms with Gasteiger partial charge in [0.1, 0.15) is 5.82 Å². The minimum Gasteiger partial charge on any atom is -0.356 e. The van der Waals surface area contributed by atoms with E-state index in [4.69, 9.17) is 9.97 Å². The topological polar surface area (TPSA) is 52.6 Å². The van der Waals surface area contributed by atoms with Gasteiger partial charge in [-0.25, -0.2) is 4.98 Å². The molecule has 5 rings (SSSR count). The summed E-state index contributed by atoms with van der Waals surface area (Å²) in [6.45, 7) is 7.05. The van der Waals surface area contributed by atoms with Crippen molar-refractivity contribution < 1.29 is 4.79 Å². The van der Waals surface area contributed by atoms with Gasteiger partial charge in [0.25, 0.3) is 5.91 Å². The lowest BCUT2D eigenvalue weighted by Gasteiger charge is -2.35. The molecule has 166 valence electrons. The Balaban J connectivity index is 1.23. The van der Waals surface area contributed by atoms with Crippen molar-refractivity contribution in [2.75, 3.05) is 49.1 Å². The summed E-state index contributed by atoms with van der Waals surface area (Å²) in [5.41, 5.74) is 2.90. The largest absolute Gasteiger partial charge is 0.356 e. The van der Waals surface area contributed by atoms with E-state index in [2.05, 4.69) is 27.3 Å². The molecule has 2 saturated heterocycles. The van der Waals surface area contributed by atoms with Crippen LogP contribution in [0.2, 0.25) is 0 Å². The highest BCUT2D eigenvalue weighted by Crippen LogP contribution is 2.26. The van der Waals surface area contributed by atoms with Gasteiger partial charge in [-0.05, 0) is 55.3 Å². The first-order chi connectivity index (χ1) is 15.7. The van der Waals surface area contributed by atoms with Crippen molar-refractivity contribution in [2.24, 2.45) is 0 Å². The Morgan fingerprint density at radius 3 is 2.31 bits per heavy atom. The number of thiophene rings is 1. The van der Waals surface area contributed by atoms with Crippen LogP contribution in [0.3, 0.4) is 0 Å². The number of piperidine rings is 1. The maximum Gasteiger partial charge on any atom is 0.253 e. The fourth-order valence-electron chi connectivity index (χ4n) is 4.48. The number of benzene rings is 1. The smallest absolute Gasteiger partial charge is 0.253 e. The third-order valence-corrected chi connectivity index (χ3v) is 7.22. The molecular weight excluding hydrogens is 418 g/mol. The molecule has 0 radical (unpaired) electrons. The van der Waals surface area contributed by atoms with E-state index in [0.29, 0.717) is 13.1 Å². The Bertz CT molecular complexity index is 1050. The lowest BCUT2D eigenvalue weighted by Crippen LogP contribution is -2.49. The molecule has 0 spiro atoms. The van der Waals surface area contributed by atoms with Gasteiger partial charge in [-0.1, -0.05) is 18.2 Å². The lowest BCUT2D eigenvalue weighted by atomic mass is 10.1. The van der Waals surface area contributed by atoms with Gasteiger partial charge in [0, 0.05) is 61.5 Å². The van der Waals surface area contributed by atoms with Crippen molar-refractivity contribution in [1.82, 2.24) is 14.9 Å². The van der Waals surface area contributed by atoms with E-state index in [1.54, 1.807) is 11.3 Å². The molecule has 7 heteroatoms. The first kappa shape index (κ1) is 20.9. The second-order valence-corrected chi connectivity index (χ2v) is 9.50. The third-order valence-electron chi connectivity index (χ3n) is 6.30. The number of amides is 1. The van der Waals surface area contributed by atoms with Crippen LogP contribution in [-0.2, 0) is 0 Å². The summed E-state index contributed by atoms with van der Waals surface area (Å²) >= 11 is 1.71. The average molecular weight is 448 g/mol. The van der Waals surface area contributed by atoms with E-state index in [0.717, 1.165) is 54.8 Å². The minimum absolute atomic E-state index is 0.0987. The highest BCUT2D eigenvalue weighted by Gasteiger charge is 2.24. The molecule has 2 aromatic heterocycles. The molecule has 0 saturated carbocycles. The molecule has 4 heterocycles. The molecule has 0 aliphatic carbocycles. The quantitative estimate of drug-likeness (QED) is 0.591. The zero-order valence-corrected chi connectivity index (χ0v) is 19.4. The van der Waals surface area contributed by atoms with E-state index in [1.807, 2.05) is 42.2 Å². The summed E-state index contributed by atoms with van der Waals surface area (Å²) < 4.78 is 0. The van der Waals surface area contributed by atoms with Crippen molar-refractivity contribution in [3.63, 3.8) is 0 Å². The van der Waals surface area contributed by atoms with Crippen molar-refractivity contribution >= 4 is 29.0 Å². The Labute approximate surface area is 193 Å². The van der Waals surface area contributed by atoms with Crippen LogP contribution >= 0.6 is 11.3 Å². The Hall–Kier alpha value is -2.93. The molecule has 2 aliphatic heterocycles. The molecule has 1 aromatic carbocycles. The van der Waals surface area contributed by atoms with Gasteiger partial charge in [0.15, 0.2) is 0 Å². The van der Waals surface area contributed by atoms with Crippen LogP contribution < -0.4 is 9.80 Å². The SMILES string of the molecule is Cc1cc(N2CCCCC2)nc(N2CCN(C(=O)c3ccc(-c4cccs4)cc3)CC2)n1. The fraction of sp³-hybridized carbons (Fsp3) is 0.400.